The van der Waals surface area contributed by atoms with Crippen molar-refractivity contribution in [3.05, 3.63) is 50.7 Å². The zero-order valence-electron chi connectivity index (χ0n) is 10.5. The number of aromatic nitrogens is 2. The summed E-state index contributed by atoms with van der Waals surface area (Å²) in [6, 6.07) is 6.73. The largest absolute Gasteiger partial charge is 0.242 e. The van der Waals surface area contributed by atoms with Crippen LogP contribution in [-0.2, 0) is 16.6 Å². The quantitative estimate of drug-likeness (QED) is 0.825. The van der Waals surface area contributed by atoms with Gasteiger partial charge in [0, 0.05) is 15.1 Å². The molecule has 8 heteroatoms. The molecule has 0 aliphatic carbocycles. The van der Waals surface area contributed by atoms with Crippen molar-refractivity contribution in [3.8, 4) is 0 Å². The number of rotatable bonds is 4. The van der Waals surface area contributed by atoms with E-state index in [1.807, 2.05) is 6.92 Å². The third kappa shape index (κ3) is 3.63. The van der Waals surface area contributed by atoms with Gasteiger partial charge in [-0.1, -0.05) is 15.9 Å². The number of hydrogen-bond acceptors (Lipinski definition) is 4. The zero-order valence-corrected chi connectivity index (χ0v) is 14.5. The topological polar surface area (TPSA) is 72.0 Å². The summed E-state index contributed by atoms with van der Waals surface area (Å²) in [7, 11) is -3.62. The van der Waals surface area contributed by atoms with Gasteiger partial charge in [-0.3, -0.25) is 0 Å². The maximum Gasteiger partial charge on any atom is 0.242 e. The highest BCUT2D eigenvalue weighted by Crippen LogP contribution is 2.28. The van der Waals surface area contributed by atoms with Crippen molar-refractivity contribution < 1.29 is 8.42 Å². The monoisotopic (exact) mass is 419 g/mol. The Hall–Kier alpha value is -0.830. The van der Waals surface area contributed by atoms with Gasteiger partial charge in [-0.2, -0.15) is 10.2 Å². The van der Waals surface area contributed by atoms with Crippen LogP contribution < -0.4 is 4.72 Å². The lowest BCUT2D eigenvalue weighted by molar-refractivity contribution is 0.579. The summed E-state index contributed by atoms with van der Waals surface area (Å²) in [5.41, 5.74) is 1.50. The Morgan fingerprint density at radius 3 is 2.65 bits per heavy atom. The van der Waals surface area contributed by atoms with Gasteiger partial charge in [-0.15, -0.1) is 0 Å². The predicted octanol–water partition coefficient (Wildman–Crippen LogP) is 2.79. The number of benzene rings is 1. The minimum atomic E-state index is -3.62. The summed E-state index contributed by atoms with van der Waals surface area (Å²) in [6.45, 7) is 1.98. The molecule has 1 heterocycles. The van der Waals surface area contributed by atoms with Gasteiger partial charge in [0.1, 0.15) is 0 Å². The van der Waals surface area contributed by atoms with Crippen molar-refractivity contribution in [2.75, 3.05) is 0 Å². The molecule has 0 atom stereocenters. The molecule has 20 heavy (non-hydrogen) atoms. The Balaban J connectivity index is 2.25. The molecule has 0 aliphatic rings. The molecule has 0 bridgehead atoms. The highest BCUT2D eigenvalue weighted by atomic mass is 79.9. The highest BCUT2D eigenvalue weighted by molar-refractivity contribution is 9.11. The van der Waals surface area contributed by atoms with Gasteiger partial charge in [-0.05, 0) is 52.7 Å². The van der Waals surface area contributed by atoms with Crippen LogP contribution in [0.2, 0.25) is 0 Å². The summed E-state index contributed by atoms with van der Waals surface area (Å²) in [4.78, 5) is 0.180. The molecule has 1 aromatic heterocycles. The SMILES string of the molecule is Cc1cc(Br)c(S(=O)(=O)NCc2cccnn2)cc1Br. The standard InChI is InChI=1S/C12H11Br2N3O2S/c1-8-5-11(14)12(6-10(8)13)20(18,19)16-7-9-3-2-4-15-17-9/h2-6,16H,7H2,1H3. The molecule has 0 fully saturated rings. The van der Waals surface area contributed by atoms with Crippen molar-refractivity contribution in [1.29, 1.82) is 0 Å². The van der Waals surface area contributed by atoms with E-state index < -0.39 is 10.0 Å². The lowest BCUT2D eigenvalue weighted by atomic mass is 10.2. The molecule has 2 aromatic rings. The van der Waals surface area contributed by atoms with Crippen molar-refractivity contribution >= 4 is 41.9 Å². The molecule has 106 valence electrons. The Labute approximate surface area is 134 Å². The van der Waals surface area contributed by atoms with E-state index in [2.05, 4.69) is 46.8 Å². The van der Waals surface area contributed by atoms with E-state index >= 15 is 0 Å². The maximum absolute atomic E-state index is 12.3. The molecule has 0 saturated heterocycles. The highest BCUT2D eigenvalue weighted by Gasteiger charge is 2.19. The summed E-state index contributed by atoms with van der Waals surface area (Å²) >= 11 is 6.61. The van der Waals surface area contributed by atoms with Crippen molar-refractivity contribution in [2.24, 2.45) is 0 Å². The number of nitrogens with zero attached hydrogens (tertiary/aromatic N) is 2. The Kier molecular flexibility index (Phi) is 4.90. The van der Waals surface area contributed by atoms with Crippen molar-refractivity contribution in [1.82, 2.24) is 14.9 Å². The van der Waals surface area contributed by atoms with E-state index in [-0.39, 0.29) is 11.4 Å². The molecule has 1 N–H and O–H groups in total. The molecule has 0 unspecified atom stereocenters. The molecule has 1 aromatic carbocycles. The van der Waals surface area contributed by atoms with Gasteiger partial charge >= 0.3 is 0 Å². The van der Waals surface area contributed by atoms with Gasteiger partial charge in [0.25, 0.3) is 0 Å². The maximum atomic E-state index is 12.3. The Bertz CT molecular complexity index is 721. The van der Waals surface area contributed by atoms with Gasteiger partial charge in [0.15, 0.2) is 0 Å². The zero-order chi connectivity index (χ0) is 14.8. The van der Waals surface area contributed by atoms with Gasteiger partial charge in [-0.25, -0.2) is 13.1 Å². The summed E-state index contributed by atoms with van der Waals surface area (Å²) < 4.78 is 28.3. The van der Waals surface area contributed by atoms with E-state index in [1.54, 1.807) is 24.3 Å². The third-order valence-corrected chi connectivity index (χ3v) is 5.79. The number of sulfonamides is 1. The van der Waals surface area contributed by atoms with Gasteiger partial charge < -0.3 is 0 Å². The fourth-order valence-electron chi connectivity index (χ4n) is 1.51. The van der Waals surface area contributed by atoms with E-state index in [1.165, 1.54) is 6.20 Å². The summed E-state index contributed by atoms with van der Waals surface area (Å²) in [5, 5.41) is 7.53. The number of aryl methyl sites for hydroxylation is 1. The fraction of sp³-hybridized carbons (Fsp3) is 0.167. The van der Waals surface area contributed by atoms with Crippen LogP contribution in [0, 0.1) is 6.92 Å². The van der Waals surface area contributed by atoms with E-state index in [4.69, 9.17) is 0 Å². The first-order chi connectivity index (χ1) is 9.40. The first-order valence-corrected chi connectivity index (χ1v) is 8.69. The van der Waals surface area contributed by atoms with Crippen LogP contribution in [0.1, 0.15) is 11.3 Å². The summed E-state index contributed by atoms with van der Waals surface area (Å²) in [5.74, 6) is 0. The Morgan fingerprint density at radius 2 is 2.00 bits per heavy atom. The van der Waals surface area contributed by atoms with Crippen LogP contribution in [-0.4, -0.2) is 18.6 Å². The molecular formula is C12H11Br2N3O2S. The second-order valence-electron chi connectivity index (χ2n) is 4.07. The lowest BCUT2D eigenvalue weighted by Crippen LogP contribution is -2.24. The summed E-state index contributed by atoms with van der Waals surface area (Å²) in [6.07, 6.45) is 1.53. The van der Waals surface area contributed by atoms with Crippen LogP contribution in [0.4, 0.5) is 0 Å². The van der Waals surface area contributed by atoms with Crippen molar-refractivity contribution in [2.45, 2.75) is 18.4 Å². The minimum absolute atomic E-state index is 0.0914. The first-order valence-electron chi connectivity index (χ1n) is 5.62. The average Bonchev–Trinajstić information content (AvgIpc) is 2.42. The first kappa shape index (κ1) is 15.6. The second kappa shape index (κ2) is 6.30. The fourth-order valence-corrected chi connectivity index (χ4v) is 4.18. The predicted molar refractivity (Wildman–Crippen MR) is 82.6 cm³/mol. The lowest BCUT2D eigenvalue weighted by Gasteiger charge is -2.10. The number of nitrogens with one attached hydrogen (secondary N) is 1. The minimum Gasteiger partial charge on any atom is -0.207 e. The third-order valence-electron chi connectivity index (χ3n) is 2.57. The van der Waals surface area contributed by atoms with Crippen LogP contribution in [0.3, 0.4) is 0 Å². The number of hydrogen-bond donors (Lipinski definition) is 1. The number of halogens is 2. The van der Waals surface area contributed by atoms with Gasteiger partial charge in [0.05, 0.1) is 17.1 Å². The molecular weight excluding hydrogens is 410 g/mol. The van der Waals surface area contributed by atoms with Crippen LogP contribution >= 0.6 is 31.9 Å². The normalized spacial score (nSPS) is 11.6. The average molecular weight is 421 g/mol. The van der Waals surface area contributed by atoms with Crippen LogP contribution in [0.25, 0.3) is 0 Å². The molecule has 0 saturated carbocycles. The van der Waals surface area contributed by atoms with Gasteiger partial charge in [0.2, 0.25) is 10.0 Å². The van der Waals surface area contributed by atoms with Crippen LogP contribution in [0.15, 0.2) is 44.3 Å². The molecule has 5 nitrogen and oxygen atoms in total. The molecule has 0 spiro atoms. The van der Waals surface area contributed by atoms with E-state index in [0.717, 1.165) is 10.0 Å². The smallest absolute Gasteiger partial charge is 0.207 e. The Morgan fingerprint density at radius 1 is 1.25 bits per heavy atom. The van der Waals surface area contributed by atoms with Crippen LogP contribution in [0.5, 0.6) is 0 Å². The van der Waals surface area contributed by atoms with E-state index in [0.29, 0.717) is 10.2 Å². The molecule has 0 amide bonds. The second-order valence-corrected chi connectivity index (χ2v) is 7.52. The molecule has 0 radical (unpaired) electrons. The molecule has 0 aliphatic heterocycles. The van der Waals surface area contributed by atoms with E-state index in [9.17, 15) is 8.42 Å². The van der Waals surface area contributed by atoms with Crippen molar-refractivity contribution in [3.63, 3.8) is 0 Å². The molecule has 2 rings (SSSR count).